The second-order valence-corrected chi connectivity index (χ2v) is 7.26. The van der Waals surface area contributed by atoms with E-state index < -0.39 is 0 Å². The maximum Gasteiger partial charge on any atom is 0.254 e. The highest BCUT2D eigenvalue weighted by Gasteiger charge is 2.36. The number of piperidine rings is 3. The first-order valence-corrected chi connectivity index (χ1v) is 9.02. The molecule has 3 saturated heterocycles. The van der Waals surface area contributed by atoms with Crippen molar-refractivity contribution in [1.82, 2.24) is 14.8 Å². The average Bonchev–Trinajstić information content (AvgIpc) is 2.97. The van der Waals surface area contributed by atoms with Crippen molar-refractivity contribution in [2.75, 3.05) is 26.2 Å². The summed E-state index contributed by atoms with van der Waals surface area (Å²) in [6, 6.07) is 8.51. The van der Waals surface area contributed by atoms with Gasteiger partial charge in [-0.15, -0.1) is 0 Å². The van der Waals surface area contributed by atoms with Gasteiger partial charge in [-0.3, -0.25) is 4.79 Å². The molecule has 0 unspecified atom stereocenters. The van der Waals surface area contributed by atoms with Crippen LogP contribution in [0.5, 0.6) is 0 Å². The number of carbonyl (C=O) groups is 1. The number of nitrogens with zero attached hydrogens (tertiary/aromatic N) is 2. The number of carbonyl (C=O) groups excluding carboxylic acids is 1. The van der Waals surface area contributed by atoms with Gasteiger partial charge in [0.1, 0.15) is 0 Å². The van der Waals surface area contributed by atoms with Crippen LogP contribution in [0.4, 0.5) is 0 Å². The van der Waals surface area contributed by atoms with Crippen molar-refractivity contribution in [3.05, 3.63) is 35.5 Å². The molecule has 0 aliphatic carbocycles. The molecule has 1 aromatic heterocycles. The third kappa shape index (κ3) is 2.19. The SMILES string of the molecule is O=C(N[C@@H]1CN2CCC1CC2)c1c2n(c3ccccc13)CCOC2. The molecule has 0 spiro atoms. The molecule has 1 aromatic carbocycles. The Hall–Kier alpha value is -1.85. The lowest BCUT2D eigenvalue weighted by molar-refractivity contribution is 0.0610. The largest absolute Gasteiger partial charge is 0.373 e. The first kappa shape index (κ1) is 14.5. The van der Waals surface area contributed by atoms with E-state index in [1.165, 1.54) is 25.9 Å². The monoisotopic (exact) mass is 325 g/mol. The molecular formula is C19H23N3O2. The summed E-state index contributed by atoms with van der Waals surface area (Å²) in [5.74, 6) is 0.712. The van der Waals surface area contributed by atoms with Crippen molar-refractivity contribution in [2.24, 2.45) is 5.92 Å². The van der Waals surface area contributed by atoms with Gasteiger partial charge >= 0.3 is 0 Å². The molecule has 2 bridgehead atoms. The molecule has 1 N–H and O–H groups in total. The fraction of sp³-hybridized carbons (Fsp3) is 0.526. The van der Waals surface area contributed by atoms with E-state index in [4.69, 9.17) is 4.74 Å². The minimum absolute atomic E-state index is 0.0733. The van der Waals surface area contributed by atoms with Crippen molar-refractivity contribution in [1.29, 1.82) is 0 Å². The number of hydrogen-bond acceptors (Lipinski definition) is 3. The molecule has 24 heavy (non-hydrogen) atoms. The number of nitrogens with one attached hydrogen (secondary N) is 1. The maximum absolute atomic E-state index is 13.1. The molecule has 126 valence electrons. The molecule has 0 radical (unpaired) electrons. The van der Waals surface area contributed by atoms with E-state index in [0.717, 1.165) is 35.2 Å². The smallest absolute Gasteiger partial charge is 0.254 e. The normalized spacial score (nSPS) is 28.8. The Labute approximate surface area is 141 Å². The van der Waals surface area contributed by atoms with Crippen molar-refractivity contribution < 1.29 is 9.53 Å². The minimum atomic E-state index is 0.0733. The zero-order chi connectivity index (χ0) is 16.1. The summed E-state index contributed by atoms with van der Waals surface area (Å²) in [6.45, 7) is 5.44. The summed E-state index contributed by atoms with van der Waals surface area (Å²) >= 11 is 0. The number of rotatable bonds is 2. The van der Waals surface area contributed by atoms with Crippen LogP contribution in [0.1, 0.15) is 28.9 Å². The number of ether oxygens (including phenoxy) is 1. The summed E-state index contributed by atoms with van der Waals surface area (Å²) in [4.78, 5) is 15.6. The van der Waals surface area contributed by atoms with E-state index in [9.17, 15) is 4.79 Å². The topological polar surface area (TPSA) is 46.5 Å². The quantitative estimate of drug-likeness (QED) is 0.919. The van der Waals surface area contributed by atoms with Crippen molar-refractivity contribution in [3.63, 3.8) is 0 Å². The number of hydrogen-bond donors (Lipinski definition) is 1. The van der Waals surface area contributed by atoms with Gasteiger partial charge in [0.2, 0.25) is 0 Å². The zero-order valence-corrected chi connectivity index (χ0v) is 13.8. The Morgan fingerprint density at radius 2 is 2.00 bits per heavy atom. The number of aromatic nitrogens is 1. The maximum atomic E-state index is 13.1. The molecule has 3 fully saturated rings. The number of benzene rings is 1. The lowest BCUT2D eigenvalue weighted by atomic mass is 9.84. The van der Waals surface area contributed by atoms with Gasteiger partial charge < -0.3 is 19.5 Å². The molecular weight excluding hydrogens is 302 g/mol. The van der Waals surface area contributed by atoms with Gasteiger partial charge in [-0.1, -0.05) is 18.2 Å². The predicted molar refractivity (Wildman–Crippen MR) is 92.0 cm³/mol. The van der Waals surface area contributed by atoms with Gasteiger partial charge in [-0.05, 0) is 37.9 Å². The molecule has 5 heterocycles. The first-order valence-electron chi connectivity index (χ1n) is 9.02. The van der Waals surface area contributed by atoms with Gasteiger partial charge in [0, 0.05) is 30.0 Å². The summed E-state index contributed by atoms with van der Waals surface area (Å²) < 4.78 is 7.90. The fourth-order valence-corrected chi connectivity index (χ4v) is 4.71. The average molecular weight is 325 g/mol. The molecule has 5 heteroatoms. The molecule has 1 atom stereocenters. The Bertz CT molecular complexity index is 789. The third-order valence-corrected chi connectivity index (χ3v) is 5.98. The molecule has 0 saturated carbocycles. The van der Waals surface area contributed by atoms with Gasteiger partial charge in [0.25, 0.3) is 5.91 Å². The first-order chi connectivity index (χ1) is 11.8. The summed E-state index contributed by atoms with van der Waals surface area (Å²) in [5, 5.41) is 4.40. The van der Waals surface area contributed by atoms with Crippen LogP contribution < -0.4 is 5.32 Å². The predicted octanol–water partition coefficient (Wildman–Crippen LogP) is 2.00. The third-order valence-electron chi connectivity index (χ3n) is 5.98. The Morgan fingerprint density at radius 1 is 1.17 bits per heavy atom. The highest BCUT2D eigenvalue weighted by molar-refractivity contribution is 6.08. The van der Waals surface area contributed by atoms with Crippen LogP contribution in [0.2, 0.25) is 0 Å². The molecule has 6 rings (SSSR count). The van der Waals surface area contributed by atoms with Crippen LogP contribution in [0.15, 0.2) is 24.3 Å². The van der Waals surface area contributed by atoms with E-state index in [2.05, 4.69) is 26.9 Å². The Morgan fingerprint density at radius 3 is 2.79 bits per heavy atom. The molecule has 4 aliphatic heterocycles. The molecule has 2 aromatic rings. The van der Waals surface area contributed by atoms with E-state index in [-0.39, 0.29) is 5.91 Å². The molecule has 5 nitrogen and oxygen atoms in total. The van der Waals surface area contributed by atoms with Crippen LogP contribution in [-0.2, 0) is 17.9 Å². The van der Waals surface area contributed by atoms with Crippen LogP contribution in [0.25, 0.3) is 10.9 Å². The lowest BCUT2D eigenvalue weighted by Crippen LogP contribution is -2.57. The highest BCUT2D eigenvalue weighted by Crippen LogP contribution is 2.31. The van der Waals surface area contributed by atoms with Crippen molar-refractivity contribution in [3.8, 4) is 0 Å². The van der Waals surface area contributed by atoms with Crippen LogP contribution in [0.3, 0.4) is 0 Å². The molecule has 1 amide bonds. The van der Waals surface area contributed by atoms with Crippen LogP contribution >= 0.6 is 0 Å². The van der Waals surface area contributed by atoms with Crippen LogP contribution in [-0.4, -0.2) is 47.7 Å². The zero-order valence-electron chi connectivity index (χ0n) is 13.8. The van der Waals surface area contributed by atoms with E-state index in [1.807, 2.05) is 12.1 Å². The summed E-state index contributed by atoms with van der Waals surface area (Å²) in [5.41, 5.74) is 3.00. The van der Waals surface area contributed by atoms with E-state index in [0.29, 0.717) is 25.2 Å². The van der Waals surface area contributed by atoms with Crippen molar-refractivity contribution >= 4 is 16.8 Å². The fourth-order valence-electron chi connectivity index (χ4n) is 4.71. The van der Waals surface area contributed by atoms with E-state index in [1.54, 1.807) is 0 Å². The molecule has 4 aliphatic rings. The number of fused-ring (bicyclic) bond motifs is 6. The van der Waals surface area contributed by atoms with Gasteiger partial charge in [0.15, 0.2) is 0 Å². The van der Waals surface area contributed by atoms with Gasteiger partial charge in [-0.2, -0.15) is 0 Å². The Kier molecular flexibility index (Phi) is 3.38. The number of para-hydroxylation sites is 1. The second-order valence-electron chi connectivity index (χ2n) is 7.26. The summed E-state index contributed by atoms with van der Waals surface area (Å²) in [7, 11) is 0. The van der Waals surface area contributed by atoms with Crippen LogP contribution in [0, 0.1) is 5.92 Å². The second kappa shape index (κ2) is 5.60. The Balaban J connectivity index is 1.51. The minimum Gasteiger partial charge on any atom is -0.373 e. The van der Waals surface area contributed by atoms with Gasteiger partial charge in [-0.25, -0.2) is 0 Å². The van der Waals surface area contributed by atoms with Gasteiger partial charge in [0.05, 0.1) is 24.5 Å². The van der Waals surface area contributed by atoms with Crippen molar-refractivity contribution in [2.45, 2.75) is 32.0 Å². The lowest BCUT2D eigenvalue weighted by Gasteiger charge is -2.44. The standard InChI is InChI=1S/C19H23N3O2/c23-19(20-15-11-21-7-5-13(15)6-8-21)18-14-3-1-2-4-16(14)22-9-10-24-12-17(18)22/h1-4,13,15H,5-12H2,(H,20,23)/t15-/m1/s1. The summed E-state index contributed by atoms with van der Waals surface area (Å²) in [6.07, 6.45) is 2.42. The van der Waals surface area contributed by atoms with E-state index >= 15 is 0 Å². The highest BCUT2D eigenvalue weighted by atomic mass is 16.5. The number of amides is 1.